The van der Waals surface area contributed by atoms with E-state index in [0.29, 0.717) is 23.4 Å². The number of nitrogens with zero attached hydrogens (tertiary/aromatic N) is 2. The molecule has 1 heterocycles. The van der Waals surface area contributed by atoms with E-state index in [1.807, 2.05) is 12.2 Å². The lowest BCUT2D eigenvalue weighted by Gasteiger charge is -2.23. The first-order valence-electron chi connectivity index (χ1n) is 9.17. The molecule has 1 fully saturated rings. The number of aromatic nitrogens is 2. The third kappa shape index (κ3) is 4.23. The summed E-state index contributed by atoms with van der Waals surface area (Å²) in [5.74, 6) is -3.24. The number of allylic oxidation sites excluding steroid dienone is 2. The molecule has 2 bridgehead atoms. The number of fused-ring (bicyclic) bond motifs is 2. The Morgan fingerprint density at radius 2 is 1.66 bits per heavy atom. The lowest BCUT2D eigenvalue weighted by atomic mass is 9.82. The maximum atomic E-state index is 12.7. The van der Waals surface area contributed by atoms with Crippen LogP contribution in [0.4, 0.5) is 10.8 Å². The number of carboxylic acids is 1. The van der Waals surface area contributed by atoms with Crippen LogP contribution in [0, 0.1) is 23.7 Å². The smallest absolute Gasteiger partial charge is 0.307 e. The summed E-state index contributed by atoms with van der Waals surface area (Å²) < 4.78 is 49.0. The van der Waals surface area contributed by atoms with Crippen molar-refractivity contribution >= 4 is 54.1 Å². The van der Waals surface area contributed by atoms with Gasteiger partial charge in [0, 0.05) is 5.69 Å². The number of rotatable bonds is 7. The Morgan fingerprint density at radius 1 is 1.03 bits per heavy atom. The molecule has 4 atom stereocenters. The molecule has 5 N–H and O–H groups in total. The second-order valence-electron chi connectivity index (χ2n) is 7.38. The number of nitrogens with one attached hydrogen (secondary N) is 2. The fourth-order valence-electron chi connectivity index (χ4n) is 4.00. The van der Waals surface area contributed by atoms with Gasteiger partial charge in [-0.1, -0.05) is 23.5 Å². The minimum atomic E-state index is -4.11. The molecule has 1 amide bonds. The lowest BCUT2D eigenvalue weighted by molar-refractivity contribution is -0.146. The first-order chi connectivity index (χ1) is 15.0. The number of carbonyl (C=O) groups excluding carboxylic acids is 1. The summed E-state index contributed by atoms with van der Waals surface area (Å²) in [5, 5.41) is 23.5. The van der Waals surface area contributed by atoms with E-state index in [-0.39, 0.29) is 21.9 Å². The first kappa shape index (κ1) is 22.3. The molecule has 0 aliphatic heterocycles. The molecule has 0 radical (unpaired) electrons. The van der Waals surface area contributed by atoms with Crippen molar-refractivity contribution in [2.75, 3.05) is 10.0 Å². The van der Waals surface area contributed by atoms with Crippen LogP contribution < -0.4 is 15.2 Å². The number of anilines is 2. The van der Waals surface area contributed by atoms with Crippen molar-refractivity contribution in [2.24, 2.45) is 28.8 Å². The quantitative estimate of drug-likeness (QED) is 0.390. The normalized spacial score (nSPS) is 24.4. The van der Waals surface area contributed by atoms with Crippen molar-refractivity contribution < 1.29 is 31.5 Å². The second-order valence-corrected chi connectivity index (χ2v) is 11.8. The second kappa shape index (κ2) is 7.91. The van der Waals surface area contributed by atoms with E-state index in [1.165, 1.54) is 24.3 Å². The van der Waals surface area contributed by atoms with E-state index < -0.39 is 48.1 Å². The molecule has 1 saturated carbocycles. The van der Waals surface area contributed by atoms with Gasteiger partial charge in [-0.3, -0.25) is 14.3 Å². The van der Waals surface area contributed by atoms with E-state index >= 15 is 0 Å². The maximum absolute atomic E-state index is 12.7. The van der Waals surface area contributed by atoms with Crippen molar-refractivity contribution in [1.82, 2.24) is 10.2 Å². The highest BCUT2D eigenvalue weighted by Gasteiger charge is 2.51. The molecular formula is C17H17N5O7S3. The van der Waals surface area contributed by atoms with Crippen molar-refractivity contribution in [3.05, 3.63) is 36.4 Å². The molecule has 0 spiro atoms. The highest BCUT2D eigenvalue weighted by atomic mass is 32.2. The van der Waals surface area contributed by atoms with E-state index in [9.17, 15) is 31.5 Å². The average Bonchev–Trinajstić information content (AvgIpc) is 3.43. The van der Waals surface area contributed by atoms with Gasteiger partial charge >= 0.3 is 5.97 Å². The summed E-state index contributed by atoms with van der Waals surface area (Å²) in [5.41, 5.74) is 0.303. The number of carboxylic acid groups (broad SMARTS) is 1. The van der Waals surface area contributed by atoms with Gasteiger partial charge in [0.25, 0.3) is 20.0 Å². The van der Waals surface area contributed by atoms with Crippen molar-refractivity contribution in [2.45, 2.75) is 15.7 Å². The Morgan fingerprint density at radius 3 is 2.22 bits per heavy atom. The highest BCUT2D eigenvalue weighted by Crippen LogP contribution is 2.48. The topological polar surface area (TPSA) is 199 Å². The van der Waals surface area contributed by atoms with E-state index in [0.717, 1.165) is 0 Å². The van der Waals surface area contributed by atoms with Gasteiger partial charge in [0.2, 0.25) is 15.4 Å². The molecule has 170 valence electrons. The van der Waals surface area contributed by atoms with Gasteiger partial charge in [-0.25, -0.2) is 22.0 Å². The van der Waals surface area contributed by atoms with Gasteiger partial charge in [0.15, 0.2) is 0 Å². The summed E-state index contributed by atoms with van der Waals surface area (Å²) in [6.45, 7) is 0. The predicted molar refractivity (Wildman–Crippen MR) is 113 cm³/mol. The van der Waals surface area contributed by atoms with Crippen molar-refractivity contribution in [1.29, 1.82) is 0 Å². The van der Waals surface area contributed by atoms with Gasteiger partial charge in [-0.15, -0.1) is 10.2 Å². The summed E-state index contributed by atoms with van der Waals surface area (Å²) in [6.07, 6.45) is 4.32. The monoisotopic (exact) mass is 499 g/mol. The van der Waals surface area contributed by atoms with Crippen LogP contribution in [0.25, 0.3) is 0 Å². The van der Waals surface area contributed by atoms with Crippen LogP contribution in [-0.2, 0) is 29.6 Å². The van der Waals surface area contributed by atoms with Gasteiger partial charge in [-0.2, -0.15) is 0 Å². The molecule has 1 aromatic carbocycles. The molecule has 4 rings (SSSR count). The Hall–Kier alpha value is -2.88. The van der Waals surface area contributed by atoms with E-state index in [1.54, 1.807) is 0 Å². The van der Waals surface area contributed by atoms with Crippen LogP contribution in [0.1, 0.15) is 6.42 Å². The minimum absolute atomic E-state index is 0.140. The van der Waals surface area contributed by atoms with Crippen LogP contribution in [-0.4, -0.2) is 44.0 Å². The number of benzene rings is 1. The van der Waals surface area contributed by atoms with Crippen molar-refractivity contribution in [3.8, 4) is 0 Å². The van der Waals surface area contributed by atoms with Gasteiger partial charge in [0.1, 0.15) is 0 Å². The SMILES string of the molecule is NS(=O)(=O)c1nnc(NS(=O)(=O)c2ccc(NC(=O)[C@H]3[C@@H](C(=O)O)[C@H]4C=C[C@@H]3C4)cc2)s1. The number of carbonyl (C=O) groups is 2. The van der Waals surface area contributed by atoms with Crippen LogP contribution in [0.15, 0.2) is 45.7 Å². The molecule has 0 unspecified atom stereocenters. The van der Waals surface area contributed by atoms with Crippen LogP contribution in [0.2, 0.25) is 0 Å². The summed E-state index contributed by atoms with van der Waals surface area (Å²) in [7, 11) is -8.22. The third-order valence-corrected chi connectivity index (χ3v) is 8.98. The molecule has 2 aliphatic carbocycles. The lowest BCUT2D eigenvalue weighted by Crippen LogP contribution is -2.36. The Labute approximate surface area is 186 Å². The number of amides is 1. The standard InChI is InChI=1S/C17H17N5O7S3/c18-31(26,27)17-21-20-16(30-17)22-32(28,29)11-5-3-10(4-6-11)19-14(23)12-8-1-2-9(7-8)13(12)15(24)25/h1-6,8-9,12-13H,7H2,(H,19,23)(H,20,22)(H,24,25)(H2,18,26,27)/t8-,9+,12-,13+/m1/s1. The molecule has 2 aliphatic rings. The Bertz CT molecular complexity index is 1320. The van der Waals surface area contributed by atoms with Crippen LogP contribution in [0.3, 0.4) is 0 Å². The van der Waals surface area contributed by atoms with E-state index in [2.05, 4.69) is 20.2 Å². The third-order valence-electron chi connectivity index (χ3n) is 5.35. The largest absolute Gasteiger partial charge is 0.481 e. The number of sulfonamides is 2. The Kier molecular flexibility index (Phi) is 5.52. The number of nitrogens with two attached hydrogens (primary N) is 1. The number of hydrogen-bond acceptors (Lipinski definition) is 9. The summed E-state index contributed by atoms with van der Waals surface area (Å²) >= 11 is 0.459. The van der Waals surface area contributed by atoms with Gasteiger partial charge in [-0.05, 0) is 42.5 Å². The number of hydrogen-bond donors (Lipinski definition) is 4. The summed E-state index contributed by atoms with van der Waals surface area (Å²) in [6, 6.07) is 5.19. The zero-order valence-corrected chi connectivity index (χ0v) is 18.5. The number of aliphatic carboxylic acids is 1. The molecule has 2 aromatic rings. The van der Waals surface area contributed by atoms with Crippen molar-refractivity contribution in [3.63, 3.8) is 0 Å². The Balaban J connectivity index is 1.46. The van der Waals surface area contributed by atoms with E-state index in [4.69, 9.17) is 5.14 Å². The predicted octanol–water partition coefficient (Wildman–Crippen LogP) is 0.448. The molecule has 1 aromatic heterocycles. The zero-order chi connectivity index (χ0) is 23.3. The highest BCUT2D eigenvalue weighted by molar-refractivity contribution is 7.93. The fourth-order valence-corrected chi connectivity index (χ4v) is 6.56. The molecular weight excluding hydrogens is 482 g/mol. The van der Waals surface area contributed by atoms with Gasteiger partial charge < -0.3 is 10.4 Å². The zero-order valence-electron chi connectivity index (χ0n) is 16.1. The van der Waals surface area contributed by atoms with Crippen LogP contribution in [0.5, 0.6) is 0 Å². The summed E-state index contributed by atoms with van der Waals surface area (Å²) in [4.78, 5) is 24.1. The maximum Gasteiger partial charge on any atom is 0.307 e. The minimum Gasteiger partial charge on any atom is -0.481 e. The molecule has 32 heavy (non-hydrogen) atoms. The molecule has 15 heteroatoms. The first-order valence-corrected chi connectivity index (χ1v) is 13.0. The number of primary sulfonamides is 1. The average molecular weight is 500 g/mol. The molecule has 0 saturated heterocycles. The molecule has 12 nitrogen and oxygen atoms in total. The van der Waals surface area contributed by atoms with Gasteiger partial charge in [0.05, 0.1) is 16.7 Å². The fraction of sp³-hybridized carbons (Fsp3) is 0.294. The van der Waals surface area contributed by atoms with Crippen LogP contribution >= 0.6 is 11.3 Å².